The summed E-state index contributed by atoms with van der Waals surface area (Å²) in [6.07, 6.45) is 9.01. The highest BCUT2D eigenvalue weighted by atomic mass is 15.2. The van der Waals surface area contributed by atoms with Crippen LogP contribution >= 0.6 is 0 Å². The molecule has 1 fully saturated rings. The van der Waals surface area contributed by atoms with Crippen molar-refractivity contribution in [1.82, 2.24) is 10.4 Å². The lowest BCUT2D eigenvalue weighted by atomic mass is 9.79. The summed E-state index contributed by atoms with van der Waals surface area (Å²) in [6, 6.07) is 2.36. The summed E-state index contributed by atoms with van der Waals surface area (Å²) in [5.41, 5.74) is 5.44. The third-order valence-electron chi connectivity index (χ3n) is 3.43. The van der Waals surface area contributed by atoms with Crippen LogP contribution in [-0.2, 0) is 0 Å². The zero-order valence-electron chi connectivity index (χ0n) is 9.24. The van der Waals surface area contributed by atoms with Gasteiger partial charge in [-0.2, -0.15) is 0 Å². The van der Waals surface area contributed by atoms with E-state index < -0.39 is 0 Å². The second-order valence-electron chi connectivity index (χ2n) is 4.48. The van der Waals surface area contributed by atoms with Crippen LogP contribution in [0.15, 0.2) is 18.5 Å². The highest BCUT2D eigenvalue weighted by molar-refractivity contribution is 5.25. The Balaban J connectivity index is 2.07. The van der Waals surface area contributed by atoms with E-state index in [0.717, 1.165) is 12.3 Å². The van der Waals surface area contributed by atoms with Crippen molar-refractivity contribution in [3.63, 3.8) is 0 Å². The smallest absolute Gasteiger partial charge is 0.0466 e. The summed E-state index contributed by atoms with van der Waals surface area (Å²) in [4.78, 5) is 4.11. The van der Waals surface area contributed by atoms with Crippen LogP contribution in [0, 0.1) is 12.8 Å². The van der Waals surface area contributed by atoms with Crippen LogP contribution in [0.25, 0.3) is 0 Å². The van der Waals surface area contributed by atoms with Crippen molar-refractivity contribution in [3.05, 3.63) is 29.6 Å². The van der Waals surface area contributed by atoms with Crippen LogP contribution in [-0.4, -0.2) is 4.98 Å². The molecule has 0 radical (unpaired) electrons. The van der Waals surface area contributed by atoms with Gasteiger partial charge in [0.05, 0.1) is 0 Å². The van der Waals surface area contributed by atoms with E-state index in [1.165, 1.54) is 30.4 Å². The largest absolute Gasteiger partial charge is 0.271 e. The van der Waals surface area contributed by atoms with E-state index in [9.17, 15) is 0 Å². The Hall–Kier alpha value is -0.930. The summed E-state index contributed by atoms with van der Waals surface area (Å²) < 4.78 is 0. The molecule has 0 amide bonds. The van der Waals surface area contributed by atoms with Crippen molar-refractivity contribution in [2.75, 3.05) is 0 Å². The minimum absolute atomic E-state index is 0.290. The minimum atomic E-state index is 0.290. The number of nitrogens with zero attached hydrogens (tertiary/aromatic N) is 1. The normalized spacial score (nSPS) is 18.5. The van der Waals surface area contributed by atoms with Crippen molar-refractivity contribution < 1.29 is 0 Å². The van der Waals surface area contributed by atoms with Gasteiger partial charge in [-0.3, -0.25) is 16.3 Å². The Morgan fingerprint density at radius 2 is 2.40 bits per heavy atom. The molecule has 15 heavy (non-hydrogen) atoms. The third kappa shape index (κ3) is 2.36. The molecule has 1 aliphatic rings. The lowest BCUT2D eigenvalue weighted by Gasteiger charge is -2.30. The lowest BCUT2D eigenvalue weighted by Crippen LogP contribution is -2.31. The van der Waals surface area contributed by atoms with Gasteiger partial charge in [-0.25, -0.2) is 0 Å². The maximum atomic E-state index is 5.63. The molecule has 1 atom stereocenters. The van der Waals surface area contributed by atoms with Crippen LogP contribution in [0.4, 0.5) is 0 Å². The Kier molecular flexibility index (Phi) is 3.34. The molecule has 3 heteroatoms. The van der Waals surface area contributed by atoms with Crippen molar-refractivity contribution >= 4 is 0 Å². The summed E-state index contributed by atoms with van der Waals surface area (Å²) >= 11 is 0. The molecule has 1 heterocycles. The molecule has 0 aromatic carbocycles. The maximum absolute atomic E-state index is 5.63. The first-order chi connectivity index (χ1) is 7.31. The maximum Gasteiger partial charge on any atom is 0.0466 e. The summed E-state index contributed by atoms with van der Waals surface area (Å²) in [5, 5.41) is 0. The molecular formula is C12H19N3. The molecule has 82 valence electrons. The van der Waals surface area contributed by atoms with Crippen LogP contribution < -0.4 is 11.3 Å². The average molecular weight is 205 g/mol. The number of nitrogens with two attached hydrogens (primary N) is 1. The molecule has 3 nitrogen and oxygen atoms in total. The second kappa shape index (κ2) is 4.73. The number of hydrazine groups is 1. The first kappa shape index (κ1) is 10.6. The van der Waals surface area contributed by atoms with E-state index in [4.69, 9.17) is 5.84 Å². The molecule has 0 spiro atoms. The number of rotatable bonds is 4. The van der Waals surface area contributed by atoms with E-state index in [-0.39, 0.29) is 0 Å². The van der Waals surface area contributed by atoms with Crippen molar-refractivity contribution in [2.45, 2.75) is 38.6 Å². The van der Waals surface area contributed by atoms with E-state index in [1.54, 1.807) is 0 Å². The number of nitrogens with one attached hydrogen (secondary N) is 1. The zero-order valence-corrected chi connectivity index (χ0v) is 9.24. The van der Waals surface area contributed by atoms with Crippen LogP contribution in [0.5, 0.6) is 0 Å². The van der Waals surface area contributed by atoms with Crippen molar-refractivity contribution in [2.24, 2.45) is 11.8 Å². The van der Waals surface area contributed by atoms with Gasteiger partial charge in [0.1, 0.15) is 0 Å². The third-order valence-corrected chi connectivity index (χ3v) is 3.43. The standard InChI is InChI=1S/C12H19N3/c1-9-8-14-6-5-11(9)12(15-13)7-10-3-2-4-10/h5-6,8,10,12,15H,2-4,7,13H2,1H3. The lowest BCUT2D eigenvalue weighted by molar-refractivity contribution is 0.261. The van der Waals surface area contributed by atoms with E-state index in [0.29, 0.717) is 6.04 Å². The predicted molar refractivity (Wildman–Crippen MR) is 61.0 cm³/mol. The Bertz CT molecular complexity index is 320. The number of aromatic nitrogens is 1. The van der Waals surface area contributed by atoms with Gasteiger partial charge in [-0.1, -0.05) is 19.3 Å². The van der Waals surface area contributed by atoms with E-state index >= 15 is 0 Å². The summed E-state index contributed by atoms with van der Waals surface area (Å²) in [7, 11) is 0. The molecular weight excluding hydrogens is 186 g/mol. The molecule has 1 unspecified atom stereocenters. The van der Waals surface area contributed by atoms with E-state index in [2.05, 4.69) is 23.4 Å². The molecule has 0 bridgehead atoms. The second-order valence-corrected chi connectivity index (χ2v) is 4.48. The minimum Gasteiger partial charge on any atom is -0.271 e. The van der Waals surface area contributed by atoms with Gasteiger partial charge in [-0.15, -0.1) is 0 Å². The SMILES string of the molecule is Cc1cnccc1C(CC1CCC1)NN. The summed E-state index contributed by atoms with van der Waals surface area (Å²) in [6.45, 7) is 2.09. The monoisotopic (exact) mass is 205 g/mol. The van der Waals surface area contributed by atoms with E-state index in [1.807, 2.05) is 12.4 Å². The highest BCUT2D eigenvalue weighted by Crippen LogP contribution is 2.34. The molecule has 0 aliphatic heterocycles. The topological polar surface area (TPSA) is 50.9 Å². The van der Waals surface area contributed by atoms with Crippen LogP contribution in [0.1, 0.15) is 42.9 Å². The van der Waals surface area contributed by atoms with Gasteiger partial charge < -0.3 is 0 Å². The quantitative estimate of drug-likeness (QED) is 0.584. The fourth-order valence-electron chi connectivity index (χ4n) is 2.22. The van der Waals surface area contributed by atoms with Crippen molar-refractivity contribution in [1.29, 1.82) is 0 Å². The Morgan fingerprint density at radius 3 is 2.93 bits per heavy atom. The molecule has 3 N–H and O–H groups in total. The summed E-state index contributed by atoms with van der Waals surface area (Å²) in [5.74, 6) is 6.49. The zero-order chi connectivity index (χ0) is 10.7. The van der Waals surface area contributed by atoms with Gasteiger partial charge in [-0.05, 0) is 36.5 Å². The highest BCUT2D eigenvalue weighted by Gasteiger charge is 2.23. The first-order valence-electron chi connectivity index (χ1n) is 5.68. The van der Waals surface area contributed by atoms with Gasteiger partial charge in [0.25, 0.3) is 0 Å². The number of hydrogen-bond donors (Lipinski definition) is 2. The number of aryl methyl sites for hydroxylation is 1. The molecule has 1 aliphatic carbocycles. The number of hydrogen-bond acceptors (Lipinski definition) is 3. The molecule has 1 aromatic heterocycles. The molecule has 2 rings (SSSR count). The van der Waals surface area contributed by atoms with Gasteiger partial charge in [0.15, 0.2) is 0 Å². The fraction of sp³-hybridized carbons (Fsp3) is 0.583. The van der Waals surface area contributed by atoms with Gasteiger partial charge in [0, 0.05) is 18.4 Å². The van der Waals surface area contributed by atoms with Gasteiger partial charge >= 0.3 is 0 Å². The Morgan fingerprint density at radius 1 is 1.60 bits per heavy atom. The molecule has 0 saturated heterocycles. The first-order valence-corrected chi connectivity index (χ1v) is 5.68. The average Bonchev–Trinajstić information content (AvgIpc) is 2.19. The van der Waals surface area contributed by atoms with Gasteiger partial charge in [0.2, 0.25) is 0 Å². The van der Waals surface area contributed by atoms with Crippen LogP contribution in [0.3, 0.4) is 0 Å². The number of pyridine rings is 1. The fourth-order valence-corrected chi connectivity index (χ4v) is 2.22. The molecule has 1 aromatic rings. The Labute approximate surface area is 91.1 Å². The van der Waals surface area contributed by atoms with Crippen molar-refractivity contribution in [3.8, 4) is 0 Å². The van der Waals surface area contributed by atoms with Crippen LogP contribution in [0.2, 0.25) is 0 Å². The predicted octanol–water partition coefficient (Wildman–Crippen LogP) is 2.08. The molecule has 1 saturated carbocycles.